The Kier molecular flexibility index (Phi) is 5.14. The zero-order chi connectivity index (χ0) is 15.3. The number of ether oxygens (including phenoxy) is 2. The highest BCUT2D eigenvalue weighted by atomic mass is 19.4. The van der Waals surface area contributed by atoms with Crippen LogP contribution in [-0.4, -0.2) is 23.9 Å². The number of hydrogen-bond acceptors (Lipinski definition) is 5. The van der Waals surface area contributed by atoms with Gasteiger partial charge >= 0.3 is 12.3 Å². The van der Waals surface area contributed by atoms with Crippen molar-refractivity contribution in [3.05, 3.63) is 27.7 Å². The third-order valence-corrected chi connectivity index (χ3v) is 2.23. The molecule has 1 aromatic heterocycles. The highest BCUT2D eigenvalue weighted by Gasteiger charge is 2.32. The zero-order valence-electron chi connectivity index (χ0n) is 10.5. The summed E-state index contributed by atoms with van der Waals surface area (Å²) in [5.74, 6) is -1.37. The number of nitrogens with two attached hydrogens (primary N) is 1. The molecule has 20 heavy (non-hydrogen) atoms. The van der Waals surface area contributed by atoms with Crippen molar-refractivity contribution >= 4 is 5.97 Å². The largest absolute Gasteiger partial charge is 0.573 e. The standard InChI is InChI=1S/C11H13F3N2O4/c1-2-19-9(17)4-6-3-8(20-11(12,13)14)7(5-15)16-10(6)18/h3H,2,4-5,15H2,1H3,(H,16,18). The van der Waals surface area contributed by atoms with Gasteiger partial charge in [0.2, 0.25) is 0 Å². The molecule has 3 N–H and O–H groups in total. The molecule has 0 spiro atoms. The molecule has 0 aliphatic heterocycles. The Labute approximate surface area is 111 Å². The number of rotatable bonds is 5. The summed E-state index contributed by atoms with van der Waals surface area (Å²) in [7, 11) is 0. The molecule has 0 unspecified atom stereocenters. The Morgan fingerprint density at radius 3 is 2.60 bits per heavy atom. The summed E-state index contributed by atoms with van der Waals surface area (Å²) in [6.07, 6.45) is -5.38. The summed E-state index contributed by atoms with van der Waals surface area (Å²) in [5, 5.41) is 0. The lowest BCUT2D eigenvalue weighted by molar-refractivity contribution is -0.275. The SMILES string of the molecule is CCOC(=O)Cc1cc(OC(F)(F)F)c(CN)[nH]c1=O. The maximum atomic E-state index is 12.2. The fourth-order valence-corrected chi connectivity index (χ4v) is 1.46. The van der Waals surface area contributed by atoms with Crippen molar-refractivity contribution in [3.63, 3.8) is 0 Å². The molecule has 0 aromatic carbocycles. The van der Waals surface area contributed by atoms with Gasteiger partial charge in [-0.15, -0.1) is 13.2 Å². The van der Waals surface area contributed by atoms with E-state index in [0.29, 0.717) is 0 Å². The smallest absolute Gasteiger partial charge is 0.466 e. The quantitative estimate of drug-likeness (QED) is 0.785. The number of nitrogens with one attached hydrogen (secondary N) is 1. The molecule has 0 saturated carbocycles. The average molecular weight is 294 g/mol. The van der Waals surface area contributed by atoms with Crippen molar-refractivity contribution in [1.82, 2.24) is 4.98 Å². The number of alkyl halides is 3. The van der Waals surface area contributed by atoms with Crippen molar-refractivity contribution in [2.45, 2.75) is 26.3 Å². The minimum Gasteiger partial charge on any atom is -0.466 e. The van der Waals surface area contributed by atoms with Crippen LogP contribution in [0.3, 0.4) is 0 Å². The molecule has 0 atom stereocenters. The molecule has 1 rings (SSSR count). The number of hydrogen-bond donors (Lipinski definition) is 2. The van der Waals surface area contributed by atoms with E-state index in [1.165, 1.54) is 0 Å². The zero-order valence-corrected chi connectivity index (χ0v) is 10.5. The number of pyridine rings is 1. The molecule has 1 aromatic rings. The van der Waals surface area contributed by atoms with Gasteiger partial charge in [0.25, 0.3) is 5.56 Å². The van der Waals surface area contributed by atoms with E-state index >= 15 is 0 Å². The first-order valence-corrected chi connectivity index (χ1v) is 5.63. The number of carbonyl (C=O) groups excluding carboxylic acids is 1. The van der Waals surface area contributed by atoms with Crippen LogP contribution in [0.25, 0.3) is 0 Å². The molecule has 0 amide bonds. The summed E-state index contributed by atoms with van der Waals surface area (Å²) in [6, 6.07) is 0.839. The maximum absolute atomic E-state index is 12.2. The van der Waals surface area contributed by atoms with E-state index in [9.17, 15) is 22.8 Å². The molecule has 0 radical (unpaired) electrons. The highest BCUT2D eigenvalue weighted by Crippen LogP contribution is 2.25. The van der Waals surface area contributed by atoms with Crippen LogP contribution < -0.4 is 16.0 Å². The van der Waals surface area contributed by atoms with E-state index in [4.69, 9.17) is 5.73 Å². The Balaban J connectivity index is 3.11. The molecule has 112 valence electrons. The second-order valence-electron chi connectivity index (χ2n) is 3.70. The summed E-state index contributed by atoms with van der Waals surface area (Å²) >= 11 is 0. The molecule has 9 heteroatoms. The molecular weight excluding hydrogens is 281 g/mol. The van der Waals surface area contributed by atoms with Crippen molar-refractivity contribution in [2.75, 3.05) is 6.61 Å². The van der Waals surface area contributed by atoms with Gasteiger partial charge < -0.3 is 20.2 Å². The molecule has 0 fully saturated rings. The van der Waals surface area contributed by atoms with Gasteiger partial charge in [-0.25, -0.2) is 0 Å². The number of carbonyl (C=O) groups is 1. The minimum absolute atomic E-state index is 0.101. The first-order chi connectivity index (χ1) is 9.26. The van der Waals surface area contributed by atoms with Crippen molar-refractivity contribution in [2.24, 2.45) is 5.73 Å². The third kappa shape index (κ3) is 4.57. The highest BCUT2D eigenvalue weighted by molar-refractivity contribution is 5.72. The van der Waals surface area contributed by atoms with E-state index in [1.807, 2.05) is 0 Å². The first-order valence-electron chi connectivity index (χ1n) is 5.63. The summed E-state index contributed by atoms with van der Waals surface area (Å²) in [6.45, 7) is 1.32. The van der Waals surface area contributed by atoms with Gasteiger partial charge in [0.1, 0.15) is 0 Å². The number of halogens is 3. The molecule has 0 aliphatic rings. The average Bonchev–Trinajstić information content (AvgIpc) is 2.31. The lowest BCUT2D eigenvalue weighted by Crippen LogP contribution is -2.24. The minimum atomic E-state index is -4.93. The second kappa shape index (κ2) is 6.42. The first kappa shape index (κ1) is 16.0. The van der Waals surface area contributed by atoms with Crippen molar-refractivity contribution in [1.29, 1.82) is 0 Å². The Morgan fingerprint density at radius 2 is 2.10 bits per heavy atom. The Morgan fingerprint density at radius 1 is 1.45 bits per heavy atom. The fourth-order valence-electron chi connectivity index (χ4n) is 1.46. The van der Waals surface area contributed by atoms with Crippen LogP contribution in [0.1, 0.15) is 18.2 Å². The van der Waals surface area contributed by atoms with E-state index in [0.717, 1.165) is 6.07 Å². The van der Waals surface area contributed by atoms with Gasteiger partial charge in [-0.3, -0.25) is 9.59 Å². The second-order valence-corrected chi connectivity index (χ2v) is 3.70. The fraction of sp³-hybridized carbons (Fsp3) is 0.455. The number of aromatic nitrogens is 1. The van der Waals surface area contributed by atoms with Crippen molar-refractivity contribution < 1.29 is 27.4 Å². The van der Waals surface area contributed by atoms with Gasteiger partial charge in [0.15, 0.2) is 5.75 Å². The van der Waals surface area contributed by atoms with Crippen LogP contribution in [-0.2, 0) is 22.5 Å². The molecule has 0 aliphatic carbocycles. The van der Waals surface area contributed by atoms with E-state index < -0.39 is 30.1 Å². The maximum Gasteiger partial charge on any atom is 0.573 e. The number of H-pyrrole nitrogens is 1. The van der Waals surface area contributed by atoms with Crippen molar-refractivity contribution in [3.8, 4) is 5.75 Å². The topological polar surface area (TPSA) is 94.4 Å². The summed E-state index contributed by atoms with van der Waals surface area (Å²) in [4.78, 5) is 25.0. The molecule has 1 heterocycles. The van der Waals surface area contributed by atoms with Gasteiger partial charge in [0, 0.05) is 12.1 Å². The normalized spacial score (nSPS) is 11.2. The van der Waals surface area contributed by atoms with E-state index in [-0.39, 0.29) is 24.4 Å². The third-order valence-electron chi connectivity index (χ3n) is 2.23. The molecule has 0 bridgehead atoms. The molecule has 0 saturated heterocycles. The van der Waals surface area contributed by atoms with Crippen LogP contribution in [0.2, 0.25) is 0 Å². The predicted octanol–water partition coefficient (Wildman–Crippen LogP) is 0.838. The van der Waals surface area contributed by atoms with Gasteiger partial charge in [0.05, 0.1) is 18.7 Å². The predicted molar refractivity (Wildman–Crippen MR) is 62.0 cm³/mol. The number of aromatic amines is 1. The Hall–Kier alpha value is -2.03. The molecule has 6 nitrogen and oxygen atoms in total. The van der Waals surface area contributed by atoms with E-state index in [2.05, 4.69) is 14.5 Å². The van der Waals surface area contributed by atoms with Gasteiger partial charge in [-0.05, 0) is 13.0 Å². The van der Waals surface area contributed by atoms with Gasteiger partial charge in [-0.2, -0.15) is 0 Å². The summed E-state index contributed by atoms with van der Waals surface area (Å²) in [5.41, 5.74) is 4.11. The lowest BCUT2D eigenvalue weighted by atomic mass is 10.1. The molecular formula is C11H13F3N2O4. The van der Waals surface area contributed by atoms with Crippen LogP contribution >= 0.6 is 0 Å². The monoisotopic (exact) mass is 294 g/mol. The van der Waals surface area contributed by atoms with E-state index in [1.54, 1.807) is 6.92 Å². The summed E-state index contributed by atoms with van der Waals surface area (Å²) < 4.78 is 45.1. The van der Waals surface area contributed by atoms with Crippen LogP contribution in [0, 0.1) is 0 Å². The van der Waals surface area contributed by atoms with Crippen LogP contribution in [0.5, 0.6) is 5.75 Å². The van der Waals surface area contributed by atoms with Gasteiger partial charge in [-0.1, -0.05) is 0 Å². The number of esters is 1. The van der Waals surface area contributed by atoms with Crippen LogP contribution in [0.4, 0.5) is 13.2 Å². The van der Waals surface area contributed by atoms with Crippen LogP contribution in [0.15, 0.2) is 10.9 Å². The Bertz CT molecular complexity index is 539. The lowest BCUT2D eigenvalue weighted by Gasteiger charge is -2.13.